The van der Waals surface area contributed by atoms with Crippen LogP contribution in [-0.4, -0.2) is 26.6 Å². The van der Waals surface area contributed by atoms with Crippen LogP contribution < -0.4 is 10.6 Å². The van der Waals surface area contributed by atoms with Gasteiger partial charge in [-0.15, -0.1) is 0 Å². The minimum absolute atomic E-state index is 0.168. The Labute approximate surface area is 171 Å². The van der Waals surface area contributed by atoms with Crippen LogP contribution >= 0.6 is 11.3 Å². The van der Waals surface area contributed by atoms with Crippen molar-refractivity contribution in [3.05, 3.63) is 65.5 Å². The highest BCUT2D eigenvalue weighted by Gasteiger charge is 2.20. The zero-order valence-electron chi connectivity index (χ0n) is 16.2. The van der Waals surface area contributed by atoms with Crippen molar-refractivity contribution < 1.29 is 9.59 Å². The van der Waals surface area contributed by atoms with Crippen molar-refractivity contribution in [2.45, 2.75) is 20.8 Å². The second-order valence-corrected chi connectivity index (χ2v) is 7.66. The highest BCUT2D eigenvalue weighted by molar-refractivity contribution is 7.22. The Kier molecular flexibility index (Phi) is 4.85. The standard InChI is InChI=1S/C21H19N5O2S/c1-12-19(13(2)26(25-12)16-7-5-4-6-8-16)20(28)23-15-9-10-17-18(11-15)29-21(24-17)22-14(3)27/h4-11H,1-3H3,(H,23,28)(H,22,24,27). The van der Waals surface area contributed by atoms with E-state index in [0.717, 1.165) is 21.6 Å². The average Bonchev–Trinajstić information content (AvgIpc) is 3.20. The average molecular weight is 405 g/mol. The molecular weight excluding hydrogens is 386 g/mol. The van der Waals surface area contributed by atoms with Gasteiger partial charge in [0.2, 0.25) is 5.91 Å². The first-order chi connectivity index (χ1) is 13.9. The zero-order valence-corrected chi connectivity index (χ0v) is 17.0. The number of fused-ring (bicyclic) bond motifs is 1. The van der Waals surface area contributed by atoms with E-state index < -0.39 is 0 Å². The van der Waals surface area contributed by atoms with Gasteiger partial charge in [-0.05, 0) is 44.2 Å². The first-order valence-electron chi connectivity index (χ1n) is 9.03. The fraction of sp³-hybridized carbons (Fsp3) is 0.143. The molecule has 29 heavy (non-hydrogen) atoms. The third kappa shape index (κ3) is 3.74. The number of anilines is 2. The molecule has 4 aromatic rings. The van der Waals surface area contributed by atoms with Crippen LogP contribution in [-0.2, 0) is 4.79 Å². The molecule has 2 heterocycles. The van der Waals surface area contributed by atoms with Gasteiger partial charge in [0.05, 0.1) is 32.9 Å². The molecule has 0 bridgehead atoms. The Morgan fingerprint density at radius 1 is 1.03 bits per heavy atom. The number of rotatable bonds is 4. The van der Waals surface area contributed by atoms with Crippen LogP contribution in [0.1, 0.15) is 28.7 Å². The van der Waals surface area contributed by atoms with E-state index in [2.05, 4.69) is 20.7 Å². The number of nitrogens with one attached hydrogen (secondary N) is 2. The van der Waals surface area contributed by atoms with E-state index >= 15 is 0 Å². The van der Waals surface area contributed by atoms with Crippen LogP contribution in [0.25, 0.3) is 15.9 Å². The van der Waals surface area contributed by atoms with Gasteiger partial charge in [0.25, 0.3) is 5.91 Å². The van der Waals surface area contributed by atoms with E-state index in [9.17, 15) is 9.59 Å². The summed E-state index contributed by atoms with van der Waals surface area (Å²) in [5, 5.41) is 10.7. The van der Waals surface area contributed by atoms with Crippen LogP contribution in [0.4, 0.5) is 10.8 Å². The SMILES string of the molecule is CC(=O)Nc1nc2ccc(NC(=O)c3c(C)nn(-c4ccccc4)c3C)cc2s1. The molecule has 0 radical (unpaired) electrons. The van der Waals surface area contributed by atoms with Gasteiger partial charge in [-0.25, -0.2) is 9.67 Å². The maximum Gasteiger partial charge on any atom is 0.259 e. The van der Waals surface area contributed by atoms with Crippen molar-refractivity contribution in [3.8, 4) is 5.69 Å². The predicted molar refractivity (Wildman–Crippen MR) is 115 cm³/mol. The molecule has 0 aliphatic rings. The summed E-state index contributed by atoms with van der Waals surface area (Å²) in [5.41, 5.74) is 4.32. The Morgan fingerprint density at radius 2 is 1.79 bits per heavy atom. The molecule has 4 rings (SSSR count). The fourth-order valence-electron chi connectivity index (χ4n) is 3.19. The van der Waals surface area contributed by atoms with Gasteiger partial charge < -0.3 is 10.6 Å². The number of hydrogen-bond acceptors (Lipinski definition) is 5. The van der Waals surface area contributed by atoms with Gasteiger partial charge in [-0.2, -0.15) is 5.10 Å². The van der Waals surface area contributed by atoms with Crippen LogP contribution in [0.3, 0.4) is 0 Å². The van der Waals surface area contributed by atoms with E-state index in [0.29, 0.717) is 22.1 Å². The number of thiazole rings is 1. The second-order valence-electron chi connectivity index (χ2n) is 6.63. The number of amides is 2. The quantitative estimate of drug-likeness (QED) is 0.529. The van der Waals surface area contributed by atoms with Crippen LogP contribution in [0, 0.1) is 13.8 Å². The van der Waals surface area contributed by atoms with Gasteiger partial charge >= 0.3 is 0 Å². The van der Waals surface area contributed by atoms with E-state index in [1.54, 1.807) is 10.7 Å². The third-order valence-corrected chi connectivity index (χ3v) is 5.38. The monoisotopic (exact) mass is 405 g/mol. The molecule has 0 unspecified atom stereocenters. The molecule has 146 valence electrons. The largest absolute Gasteiger partial charge is 0.322 e. The summed E-state index contributed by atoms with van der Waals surface area (Å²) in [5.74, 6) is -0.382. The van der Waals surface area contributed by atoms with Crippen molar-refractivity contribution in [3.63, 3.8) is 0 Å². The molecule has 0 aliphatic carbocycles. The zero-order chi connectivity index (χ0) is 20.5. The first-order valence-corrected chi connectivity index (χ1v) is 9.85. The fourth-order valence-corrected chi connectivity index (χ4v) is 4.14. The molecule has 0 saturated carbocycles. The molecule has 2 amide bonds. The minimum Gasteiger partial charge on any atom is -0.322 e. The van der Waals surface area contributed by atoms with Gasteiger partial charge in [0.1, 0.15) is 0 Å². The number of aromatic nitrogens is 3. The Hall–Kier alpha value is -3.52. The number of hydrogen-bond donors (Lipinski definition) is 2. The van der Waals surface area contributed by atoms with E-state index in [-0.39, 0.29) is 11.8 Å². The molecule has 0 aliphatic heterocycles. The summed E-state index contributed by atoms with van der Waals surface area (Å²) >= 11 is 1.36. The Bertz CT molecular complexity index is 1230. The van der Waals surface area contributed by atoms with E-state index in [1.165, 1.54) is 18.3 Å². The minimum atomic E-state index is -0.215. The lowest BCUT2D eigenvalue weighted by atomic mass is 10.1. The molecule has 0 atom stereocenters. The molecule has 0 fully saturated rings. The molecule has 0 saturated heterocycles. The number of carbonyl (C=O) groups is 2. The van der Waals surface area contributed by atoms with Crippen molar-refractivity contribution in [1.82, 2.24) is 14.8 Å². The lowest BCUT2D eigenvalue weighted by Gasteiger charge is -2.07. The predicted octanol–water partition coefficient (Wildman–Crippen LogP) is 4.31. The summed E-state index contributed by atoms with van der Waals surface area (Å²) in [6.07, 6.45) is 0. The lowest BCUT2D eigenvalue weighted by Crippen LogP contribution is -2.14. The molecule has 2 aromatic carbocycles. The Balaban J connectivity index is 1.61. The van der Waals surface area contributed by atoms with Gasteiger partial charge in [-0.3, -0.25) is 9.59 Å². The molecular formula is C21H19N5O2S. The topological polar surface area (TPSA) is 88.9 Å². The third-order valence-electron chi connectivity index (χ3n) is 4.45. The summed E-state index contributed by atoms with van der Waals surface area (Å²) < 4.78 is 2.65. The van der Waals surface area contributed by atoms with E-state index in [1.807, 2.05) is 56.3 Å². The normalized spacial score (nSPS) is 10.9. The van der Waals surface area contributed by atoms with Crippen molar-refractivity contribution in [2.24, 2.45) is 0 Å². The number of para-hydroxylation sites is 1. The van der Waals surface area contributed by atoms with Crippen molar-refractivity contribution >= 4 is 44.2 Å². The second kappa shape index (κ2) is 7.48. The number of aryl methyl sites for hydroxylation is 1. The number of carbonyl (C=O) groups excluding carboxylic acids is 2. The van der Waals surface area contributed by atoms with Crippen LogP contribution in [0.15, 0.2) is 48.5 Å². The van der Waals surface area contributed by atoms with Gasteiger partial charge in [0, 0.05) is 12.6 Å². The molecule has 8 heteroatoms. The summed E-state index contributed by atoms with van der Waals surface area (Å²) in [6, 6.07) is 15.2. The molecule has 0 spiro atoms. The number of nitrogens with zero attached hydrogens (tertiary/aromatic N) is 3. The number of benzene rings is 2. The van der Waals surface area contributed by atoms with Crippen LogP contribution in [0.2, 0.25) is 0 Å². The van der Waals surface area contributed by atoms with E-state index in [4.69, 9.17) is 0 Å². The highest BCUT2D eigenvalue weighted by Crippen LogP contribution is 2.29. The Morgan fingerprint density at radius 3 is 2.52 bits per heavy atom. The maximum absolute atomic E-state index is 13.0. The highest BCUT2D eigenvalue weighted by atomic mass is 32.1. The van der Waals surface area contributed by atoms with Gasteiger partial charge in [0.15, 0.2) is 5.13 Å². The summed E-state index contributed by atoms with van der Waals surface area (Å²) in [6.45, 7) is 5.15. The van der Waals surface area contributed by atoms with Crippen molar-refractivity contribution in [2.75, 3.05) is 10.6 Å². The van der Waals surface area contributed by atoms with Crippen molar-refractivity contribution in [1.29, 1.82) is 0 Å². The summed E-state index contributed by atoms with van der Waals surface area (Å²) in [4.78, 5) is 28.5. The lowest BCUT2D eigenvalue weighted by molar-refractivity contribution is -0.114. The van der Waals surface area contributed by atoms with Crippen LogP contribution in [0.5, 0.6) is 0 Å². The first kappa shape index (κ1) is 18.8. The summed E-state index contributed by atoms with van der Waals surface area (Å²) in [7, 11) is 0. The van der Waals surface area contributed by atoms with Gasteiger partial charge in [-0.1, -0.05) is 29.5 Å². The molecule has 2 N–H and O–H groups in total. The smallest absolute Gasteiger partial charge is 0.259 e. The molecule has 7 nitrogen and oxygen atoms in total. The molecule has 2 aromatic heterocycles. The maximum atomic E-state index is 13.0.